The molecule has 3 aromatic rings. The normalized spacial score (nSPS) is 10.4. The summed E-state index contributed by atoms with van der Waals surface area (Å²) in [6, 6.07) is 17.3. The number of carbonyl (C=O) groups excluding carboxylic acids is 3. The number of hydrogen-bond donors (Lipinski definition) is 3. The maximum atomic E-state index is 12.5. The maximum Gasteiger partial charge on any atom is 0.253 e. The van der Waals surface area contributed by atoms with Gasteiger partial charge in [-0.05, 0) is 68.4 Å². The molecule has 33 heavy (non-hydrogen) atoms. The Morgan fingerprint density at radius 2 is 1.64 bits per heavy atom. The number of hydrogen-bond acceptors (Lipinski definition) is 5. The average Bonchev–Trinajstić information content (AvgIpc) is 3.36. The van der Waals surface area contributed by atoms with Crippen LogP contribution in [0.5, 0.6) is 0 Å². The van der Waals surface area contributed by atoms with E-state index >= 15 is 0 Å². The summed E-state index contributed by atoms with van der Waals surface area (Å²) >= 11 is 0. The van der Waals surface area contributed by atoms with Crippen LogP contribution in [0.15, 0.2) is 71.3 Å². The van der Waals surface area contributed by atoms with Crippen LogP contribution < -0.4 is 16.0 Å². The molecule has 172 valence electrons. The highest BCUT2D eigenvalue weighted by Crippen LogP contribution is 2.14. The van der Waals surface area contributed by atoms with Gasteiger partial charge < -0.3 is 25.3 Å². The van der Waals surface area contributed by atoms with Gasteiger partial charge in [-0.2, -0.15) is 0 Å². The zero-order chi connectivity index (χ0) is 23.6. The van der Waals surface area contributed by atoms with E-state index in [1.807, 2.05) is 13.8 Å². The molecular weight excluding hydrogens is 420 g/mol. The Kier molecular flexibility index (Phi) is 8.24. The van der Waals surface area contributed by atoms with Gasteiger partial charge in [-0.25, -0.2) is 0 Å². The quantitative estimate of drug-likeness (QED) is 0.438. The number of benzene rings is 2. The number of nitrogens with zero attached hydrogens (tertiary/aromatic N) is 1. The predicted molar refractivity (Wildman–Crippen MR) is 127 cm³/mol. The molecular formula is C25H28N4O4. The van der Waals surface area contributed by atoms with Gasteiger partial charge in [0.05, 0.1) is 19.4 Å². The van der Waals surface area contributed by atoms with Crippen LogP contribution in [0.1, 0.15) is 40.3 Å². The van der Waals surface area contributed by atoms with E-state index in [2.05, 4.69) is 16.0 Å². The third-order valence-electron chi connectivity index (χ3n) is 5.05. The minimum Gasteiger partial charge on any atom is -0.467 e. The molecule has 0 aliphatic rings. The smallest absolute Gasteiger partial charge is 0.253 e. The van der Waals surface area contributed by atoms with Crippen molar-refractivity contribution in [3.63, 3.8) is 0 Å². The minimum absolute atomic E-state index is 0.0399. The van der Waals surface area contributed by atoms with E-state index in [0.29, 0.717) is 47.9 Å². The molecule has 1 aromatic heterocycles. The molecule has 3 amide bonds. The lowest BCUT2D eigenvalue weighted by Crippen LogP contribution is -2.30. The van der Waals surface area contributed by atoms with E-state index in [1.165, 1.54) is 0 Å². The molecule has 8 heteroatoms. The monoisotopic (exact) mass is 448 g/mol. The Hall–Kier alpha value is -4.07. The molecule has 0 aliphatic heterocycles. The van der Waals surface area contributed by atoms with E-state index in [4.69, 9.17) is 4.42 Å². The topological polar surface area (TPSA) is 104 Å². The molecule has 1 heterocycles. The Balaban J connectivity index is 1.49. The maximum absolute atomic E-state index is 12.5. The number of nitrogens with one attached hydrogen (secondary N) is 3. The van der Waals surface area contributed by atoms with Gasteiger partial charge in [0.1, 0.15) is 5.76 Å². The fourth-order valence-corrected chi connectivity index (χ4v) is 3.23. The fraction of sp³-hybridized carbons (Fsp3) is 0.240. The van der Waals surface area contributed by atoms with Crippen LogP contribution in [0, 0.1) is 0 Å². The molecule has 3 N–H and O–H groups in total. The first kappa shape index (κ1) is 23.6. The lowest BCUT2D eigenvalue weighted by atomic mass is 10.1. The summed E-state index contributed by atoms with van der Waals surface area (Å²) in [7, 11) is 0. The van der Waals surface area contributed by atoms with Crippen molar-refractivity contribution in [3.05, 3.63) is 83.8 Å². The molecule has 0 spiro atoms. The van der Waals surface area contributed by atoms with Crippen molar-refractivity contribution in [1.82, 2.24) is 10.2 Å². The highest BCUT2D eigenvalue weighted by Gasteiger charge is 2.13. The first-order chi connectivity index (χ1) is 16.0. The second-order valence-electron chi connectivity index (χ2n) is 7.30. The highest BCUT2D eigenvalue weighted by atomic mass is 16.3. The summed E-state index contributed by atoms with van der Waals surface area (Å²) in [5.74, 6) is 0.149. The first-order valence-corrected chi connectivity index (χ1v) is 10.8. The summed E-state index contributed by atoms with van der Waals surface area (Å²) in [4.78, 5) is 38.8. The fourth-order valence-electron chi connectivity index (χ4n) is 3.23. The molecule has 0 aliphatic carbocycles. The first-order valence-electron chi connectivity index (χ1n) is 10.8. The molecule has 0 saturated carbocycles. The zero-order valence-corrected chi connectivity index (χ0v) is 18.8. The molecule has 3 rings (SSSR count). The van der Waals surface area contributed by atoms with Gasteiger partial charge in [-0.1, -0.05) is 6.07 Å². The highest BCUT2D eigenvalue weighted by molar-refractivity contribution is 5.98. The van der Waals surface area contributed by atoms with E-state index < -0.39 is 0 Å². The van der Waals surface area contributed by atoms with Gasteiger partial charge in [0, 0.05) is 35.6 Å². The van der Waals surface area contributed by atoms with Gasteiger partial charge in [-0.15, -0.1) is 0 Å². The summed E-state index contributed by atoms with van der Waals surface area (Å²) in [5, 5.41) is 8.60. The number of anilines is 2. The third kappa shape index (κ3) is 6.70. The van der Waals surface area contributed by atoms with E-state index in [1.54, 1.807) is 71.8 Å². The Labute approximate surface area is 193 Å². The van der Waals surface area contributed by atoms with E-state index in [0.717, 1.165) is 0 Å². The Morgan fingerprint density at radius 3 is 2.30 bits per heavy atom. The Bertz CT molecular complexity index is 1070. The molecule has 0 atom stereocenters. The summed E-state index contributed by atoms with van der Waals surface area (Å²) < 4.78 is 5.19. The molecule has 0 saturated heterocycles. The molecule has 0 radical (unpaired) electrons. The van der Waals surface area contributed by atoms with Gasteiger partial charge in [0.2, 0.25) is 5.91 Å². The predicted octanol–water partition coefficient (Wildman–Crippen LogP) is 3.74. The van der Waals surface area contributed by atoms with E-state index in [-0.39, 0.29) is 24.3 Å². The minimum atomic E-state index is -0.247. The number of amides is 3. The molecule has 0 fully saturated rings. The van der Waals surface area contributed by atoms with Crippen LogP contribution in [0.4, 0.5) is 11.4 Å². The summed E-state index contributed by atoms with van der Waals surface area (Å²) in [6.45, 7) is 5.46. The number of furan rings is 1. The van der Waals surface area contributed by atoms with Crippen molar-refractivity contribution in [1.29, 1.82) is 0 Å². The zero-order valence-electron chi connectivity index (χ0n) is 18.8. The van der Waals surface area contributed by atoms with E-state index in [9.17, 15) is 14.4 Å². The van der Waals surface area contributed by atoms with Crippen molar-refractivity contribution < 1.29 is 18.8 Å². The van der Waals surface area contributed by atoms with Crippen LogP contribution >= 0.6 is 0 Å². The van der Waals surface area contributed by atoms with Crippen molar-refractivity contribution in [3.8, 4) is 0 Å². The standard InChI is InChI=1S/C25H28N4O4/c1-3-29(4-2)25(32)19-7-5-8-21(15-19)28-23(30)17-26-20-12-10-18(11-13-20)24(31)27-16-22-9-6-14-33-22/h5-15,26H,3-4,16-17H2,1-2H3,(H,27,31)(H,28,30). The van der Waals surface area contributed by atoms with Crippen molar-refractivity contribution in [2.45, 2.75) is 20.4 Å². The Morgan fingerprint density at radius 1 is 0.879 bits per heavy atom. The van der Waals surface area contributed by atoms with Crippen LogP contribution in [0.25, 0.3) is 0 Å². The molecule has 0 unspecified atom stereocenters. The second kappa shape index (κ2) is 11.5. The van der Waals surface area contributed by atoms with Crippen LogP contribution in [-0.2, 0) is 11.3 Å². The second-order valence-corrected chi connectivity index (χ2v) is 7.30. The number of carbonyl (C=O) groups is 3. The SMILES string of the molecule is CCN(CC)C(=O)c1cccc(NC(=O)CNc2ccc(C(=O)NCc3ccco3)cc2)c1. The van der Waals surface area contributed by atoms with Crippen LogP contribution in [-0.4, -0.2) is 42.3 Å². The van der Waals surface area contributed by atoms with Gasteiger partial charge >= 0.3 is 0 Å². The molecule has 0 bridgehead atoms. The average molecular weight is 449 g/mol. The molecule has 2 aromatic carbocycles. The van der Waals surface area contributed by atoms with Crippen molar-refractivity contribution in [2.24, 2.45) is 0 Å². The lowest BCUT2D eigenvalue weighted by Gasteiger charge is -2.19. The van der Waals surface area contributed by atoms with Crippen LogP contribution in [0.2, 0.25) is 0 Å². The molecule has 8 nitrogen and oxygen atoms in total. The van der Waals surface area contributed by atoms with Crippen molar-refractivity contribution in [2.75, 3.05) is 30.3 Å². The van der Waals surface area contributed by atoms with Crippen LogP contribution in [0.3, 0.4) is 0 Å². The van der Waals surface area contributed by atoms with Gasteiger partial charge in [-0.3, -0.25) is 14.4 Å². The number of rotatable bonds is 10. The summed E-state index contributed by atoms with van der Waals surface area (Å²) in [5.41, 5.74) is 2.30. The van der Waals surface area contributed by atoms with Crippen molar-refractivity contribution >= 4 is 29.1 Å². The largest absolute Gasteiger partial charge is 0.467 e. The third-order valence-corrected chi connectivity index (χ3v) is 5.05. The van der Waals surface area contributed by atoms with Gasteiger partial charge in [0.15, 0.2) is 0 Å². The summed E-state index contributed by atoms with van der Waals surface area (Å²) in [6.07, 6.45) is 1.56. The van der Waals surface area contributed by atoms with Gasteiger partial charge in [0.25, 0.3) is 11.8 Å². The lowest BCUT2D eigenvalue weighted by molar-refractivity contribution is -0.114.